The molecule has 1 atom stereocenters. The number of likely N-dealkylation sites (N-methyl/N-ethyl adjacent to an activating group) is 1. The third-order valence-electron chi connectivity index (χ3n) is 6.58. The molecule has 2 fully saturated rings. The number of piperazine rings is 1. The van der Waals surface area contributed by atoms with Crippen molar-refractivity contribution in [3.05, 3.63) is 34.9 Å². The van der Waals surface area contributed by atoms with Crippen LogP contribution >= 0.6 is 11.6 Å². The summed E-state index contributed by atoms with van der Waals surface area (Å²) in [7, 11) is 1.73. The van der Waals surface area contributed by atoms with Gasteiger partial charge in [0.15, 0.2) is 5.78 Å². The maximum atomic E-state index is 13.3. The van der Waals surface area contributed by atoms with Gasteiger partial charge in [-0.15, -0.1) is 0 Å². The van der Waals surface area contributed by atoms with E-state index in [1.807, 2.05) is 43.9 Å². The Morgan fingerprint density at radius 2 is 1.74 bits per heavy atom. The van der Waals surface area contributed by atoms with Crippen LogP contribution in [0.2, 0.25) is 5.02 Å². The normalized spacial score (nSPS) is 23.0. The highest BCUT2D eigenvalue weighted by Gasteiger charge is 2.48. The minimum Gasteiger partial charge on any atom is -0.340 e. The van der Waals surface area contributed by atoms with Gasteiger partial charge in [-0.05, 0) is 25.3 Å². The summed E-state index contributed by atoms with van der Waals surface area (Å²) in [6.45, 7) is 8.53. The van der Waals surface area contributed by atoms with Crippen LogP contribution in [0.15, 0.2) is 24.3 Å². The van der Waals surface area contributed by atoms with E-state index in [4.69, 9.17) is 11.6 Å². The molecule has 1 aromatic rings. The Morgan fingerprint density at radius 3 is 2.32 bits per heavy atom. The van der Waals surface area contributed by atoms with E-state index in [0.29, 0.717) is 44.0 Å². The number of carbonyl (C=O) groups excluding carboxylic acids is 3. The number of rotatable bonds is 4. The second-order valence-corrected chi connectivity index (χ2v) is 10.1. The number of halogens is 1. The van der Waals surface area contributed by atoms with E-state index in [-0.39, 0.29) is 24.1 Å². The molecular weight excluding hydrogens is 414 g/mol. The number of Topliss-reactive ketones (excluding diaryl/α,β-unsaturated/α-hetero) is 1. The zero-order valence-electron chi connectivity index (χ0n) is 19.1. The lowest BCUT2D eigenvalue weighted by Crippen LogP contribution is -2.58. The molecule has 1 aliphatic carbocycles. The van der Waals surface area contributed by atoms with Gasteiger partial charge in [0.05, 0.1) is 6.54 Å². The topological polar surface area (TPSA) is 60.9 Å². The highest BCUT2D eigenvalue weighted by molar-refractivity contribution is 6.31. The van der Waals surface area contributed by atoms with Crippen LogP contribution in [0.3, 0.4) is 0 Å². The van der Waals surface area contributed by atoms with E-state index in [1.54, 1.807) is 18.0 Å². The summed E-state index contributed by atoms with van der Waals surface area (Å²) in [6, 6.07) is 7.36. The molecule has 0 bridgehead atoms. The smallest absolute Gasteiger partial charge is 0.237 e. The number of carbonyl (C=O) groups is 3. The molecule has 170 valence electrons. The van der Waals surface area contributed by atoms with Crippen LogP contribution in [-0.4, -0.2) is 72.1 Å². The van der Waals surface area contributed by atoms with Gasteiger partial charge < -0.3 is 9.80 Å². The molecule has 2 amide bonds. The van der Waals surface area contributed by atoms with Crippen molar-refractivity contribution in [3.63, 3.8) is 0 Å². The van der Waals surface area contributed by atoms with Crippen molar-refractivity contribution in [2.45, 2.75) is 52.0 Å². The first-order chi connectivity index (χ1) is 14.6. The Kier molecular flexibility index (Phi) is 7.11. The van der Waals surface area contributed by atoms with Crippen LogP contribution in [0.4, 0.5) is 0 Å². The maximum absolute atomic E-state index is 13.3. The van der Waals surface area contributed by atoms with E-state index in [1.165, 1.54) is 0 Å². The molecule has 0 spiro atoms. The highest BCUT2D eigenvalue weighted by Crippen LogP contribution is 2.42. The molecule has 0 unspecified atom stereocenters. The van der Waals surface area contributed by atoms with Crippen molar-refractivity contribution < 1.29 is 14.4 Å². The SMILES string of the molecule is CN(C(=O)CN1CCN(C(=O)C(C)(C)C)CC1)[C@]1(c2ccccc2Cl)CCCCC1=O. The number of nitrogens with zero attached hydrogens (tertiary/aromatic N) is 3. The summed E-state index contributed by atoms with van der Waals surface area (Å²) in [5.74, 6) is 0.107. The fourth-order valence-electron chi connectivity index (χ4n) is 4.72. The molecular formula is C24H34ClN3O3. The molecule has 2 aliphatic rings. The van der Waals surface area contributed by atoms with Crippen molar-refractivity contribution in [1.82, 2.24) is 14.7 Å². The van der Waals surface area contributed by atoms with Gasteiger partial charge in [-0.2, -0.15) is 0 Å². The fourth-order valence-corrected chi connectivity index (χ4v) is 5.02. The minimum absolute atomic E-state index is 0.0586. The van der Waals surface area contributed by atoms with Gasteiger partial charge in [0.25, 0.3) is 0 Å². The van der Waals surface area contributed by atoms with Crippen molar-refractivity contribution in [3.8, 4) is 0 Å². The molecule has 1 heterocycles. The molecule has 1 aliphatic heterocycles. The van der Waals surface area contributed by atoms with Gasteiger partial charge in [0.1, 0.15) is 5.54 Å². The summed E-state index contributed by atoms with van der Waals surface area (Å²) in [6.07, 6.45) is 2.76. The molecule has 6 nitrogen and oxygen atoms in total. The third-order valence-corrected chi connectivity index (χ3v) is 6.91. The van der Waals surface area contributed by atoms with E-state index < -0.39 is 11.0 Å². The molecule has 0 aromatic heterocycles. The fraction of sp³-hybridized carbons (Fsp3) is 0.625. The molecule has 1 saturated carbocycles. The van der Waals surface area contributed by atoms with Crippen LogP contribution in [0.1, 0.15) is 52.0 Å². The van der Waals surface area contributed by atoms with Crippen molar-refractivity contribution in [1.29, 1.82) is 0 Å². The molecule has 0 radical (unpaired) electrons. The second kappa shape index (κ2) is 9.29. The Morgan fingerprint density at radius 1 is 1.10 bits per heavy atom. The van der Waals surface area contributed by atoms with Crippen molar-refractivity contribution in [2.75, 3.05) is 39.8 Å². The first kappa shape index (κ1) is 23.7. The predicted molar refractivity (Wildman–Crippen MR) is 122 cm³/mol. The van der Waals surface area contributed by atoms with Crippen LogP contribution in [-0.2, 0) is 19.9 Å². The van der Waals surface area contributed by atoms with E-state index in [9.17, 15) is 14.4 Å². The summed E-state index contributed by atoms with van der Waals surface area (Å²) < 4.78 is 0. The maximum Gasteiger partial charge on any atom is 0.237 e. The molecule has 0 N–H and O–H groups in total. The average molecular weight is 448 g/mol. The molecule has 7 heteroatoms. The van der Waals surface area contributed by atoms with Crippen molar-refractivity contribution >= 4 is 29.2 Å². The van der Waals surface area contributed by atoms with Crippen LogP contribution in [0, 0.1) is 5.41 Å². The number of ketones is 1. The highest BCUT2D eigenvalue weighted by atomic mass is 35.5. The monoisotopic (exact) mass is 447 g/mol. The van der Waals surface area contributed by atoms with Gasteiger partial charge >= 0.3 is 0 Å². The number of hydrogen-bond acceptors (Lipinski definition) is 4. The van der Waals surface area contributed by atoms with E-state index in [0.717, 1.165) is 18.4 Å². The average Bonchev–Trinajstić information content (AvgIpc) is 2.73. The summed E-state index contributed by atoms with van der Waals surface area (Å²) in [4.78, 5) is 44.6. The van der Waals surface area contributed by atoms with Crippen LogP contribution in [0.5, 0.6) is 0 Å². The van der Waals surface area contributed by atoms with E-state index >= 15 is 0 Å². The summed E-state index contributed by atoms with van der Waals surface area (Å²) in [5, 5.41) is 0.520. The standard InChI is InChI=1S/C24H34ClN3O3/c1-23(2,3)22(31)28-15-13-27(14-16-28)17-21(30)26(4)24(12-8-7-11-20(24)29)18-9-5-6-10-19(18)25/h5-6,9-10H,7-8,11-17H2,1-4H3/t24-/m0/s1. The molecule has 31 heavy (non-hydrogen) atoms. The van der Waals surface area contributed by atoms with Gasteiger partial charge in [-0.25, -0.2) is 0 Å². The molecule has 3 rings (SSSR count). The Labute approximate surface area is 190 Å². The predicted octanol–water partition coefficient (Wildman–Crippen LogP) is 3.33. The molecule has 1 aromatic carbocycles. The Hall–Kier alpha value is -1.92. The Balaban J connectivity index is 1.73. The summed E-state index contributed by atoms with van der Waals surface area (Å²) >= 11 is 6.50. The first-order valence-electron chi connectivity index (χ1n) is 11.1. The van der Waals surface area contributed by atoms with Crippen LogP contribution in [0.25, 0.3) is 0 Å². The largest absolute Gasteiger partial charge is 0.340 e. The number of hydrogen-bond donors (Lipinski definition) is 0. The quantitative estimate of drug-likeness (QED) is 0.710. The lowest BCUT2D eigenvalue weighted by molar-refractivity contribution is -0.149. The van der Waals surface area contributed by atoms with E-state index in [2.05, 4.69) is 4.90 Å². The first-order valence-corrected chi connectivity index (χ1v) is 11.5. The lowest BCUT2D eigenvalue weighted by atomic mass is 9.74. The van der Waals surface area contributed by atoms with Gasteiger partial charge in [-0.3, -0.25) is 19.3 Å². The zero-order valence-corrected chi connectivity index (χ0v) is 19.9. The third kappa shape index (κ3) is 4.80. The van der Waals surface area contributed by atoms with Gasteiger partial charge in [0.2, 0.25) is 11.8 Å². The van der Waals surface area contributed by atoms with Crippen LogP contribution < -0.4 is 0 Å². The molecule has 1 saturated heterocycles. The lowest BCUT2D eigenvalue weighted by Gasteiger charge is -2.45. The number of amides is 2. The number of benzene rings is 1. The summed E-state index contributed by atoms with van der Waals surface area (Å²) in [5.41, 5.74) is -0.684. The second-order valence-electron chi connectivity index (χ2n) is 9.74. The zero-order chi connectivity index (χ0) is 22.8. The van der Waals surface area contributed by atoms with Crippen molar-refractivity contribution in [2.24, 2.45) is 5.41 Å². The van der Waals surface area contributed by atoms with Gasteiger partial charge in [0, 0.05) is 55.6 Å². The Bertz CT molecular complexity index is 843. The minimum atomic E-state index is -1.00. The van der Waals surface area contributed by atoms with Gasteiger partial charge in [-0.1, -0.05) is 50.6 Å².